The Labute approximate surface area is 249 Å². The van der Waals surface area contributed by atoms with Crippen LogP contribution in [-0.2, 0) is 22.4 Å². The molecule has 43 heavy (non-hydrogen) atoms. The fraction of sp³-hybridized carbons (Fsp3) is 0.242. The molecule has 0 radical (unpaired) electrons. The summed E-state index contributed by atoms with van der Waals surface area (Å²) in [5.41, 5.74) is 15.0. The third kappa shape index (κ3) is 5.62. The van der Waals surface area contributed by atoms with Crippen molar-refractivity contribution in [1.82, 2.24) is 35.2 Å². The predicted octanol–water partition coefficient (Wildman–Crippen LogP) is 6.21. The smallest absolute Gasteiger partial charge is 0.205 e. The number of hydrogen-bond acceptors (Lipinski definition) is 8. The Hall–Kier alpha value is -4.93. The molecule has 0 aliphatic rings. The molecule has 6 aromatic rings. The Morgan fingerprint density at radius 3 is 2.37 bits per heavy atom. The van der Waals surface area contributed by atoms with Crippen molar-refractivity contribution in [2.45, 2.75) is 39.0 Å². The molecule has 10 heteroatoms. The topological polar surface area (TPSA) is 130 Å². The molecular formula is C33H34N8O2. The number of imidazole rings is 1. The van der Waals surface area contributed by atoms with Crippen LogP contribution < -0.4 is 5.73 Å². The molecule has 0 amide bonds. The van der Waals surface area contributed by atoms with Crippen LogP contribution in [0.25, 0.3) is 44.8 Å². The molecule has 0 spiro atoms. The summed E-state index contributed by atoms with van der Waals surface area (Å²) in [6.45, 7) is 2.74. The zero-order valence-corrected chi connectivity index (χ0v) is 24.5. The molecule has 0 atom stereocenters. The zero-order valence-electron chi connectivity index (χ0n) is 24.5. The number of methoxy groups -OCH3 is 2. The molecule has 10 nitrogen and oxygen atoms in total. The van der Waals surface area contributed by atoms with Gasteiger partial charge in [0.25, 0.3) is 0 Å². The van der Waals surface area contributed by atoms with Gasteiger partial charge < -0.3 is 19.8 Å². The van der Waals surface area contributed by atoms with Crippen LogP contribution in [0.1, 0.15) is 43.1 Å². The van der Waals surface area contributed by atoms with E-state index < -0.39 is 6.29 Å². The number of H-pyrrole nitrogens is 1. The first-order valence-electron chi connectivity index (χ1n) is 14.3. The van der Waals surface area contributed by atoms with Crippen molar-refractivity contribution in [3.8, 4) is 33.6 Å². The summed E-state index contributed by atoms with van der Waals surface area (Å²) in [5.74, 6) is 1.50. The van der Waals surface area contributed by atoms with Crippen molar-refractivity contribution >= 4 is 16.9 Å². The highest BCUT2D eigenvalue weighted by molar-refractivity contribution is 5.85. The Morgan fingerprint density at radius 2 is 1.65 bits per heavy atom. The molecular weight excluding hydrogens is 540 g/mol. The average Bonchev–Trinajstić information content (AvgIpc) is 3.70. The molecule has 0 bridgehead atoms. The van der Waals surface area contributed by atoms with Gasteiger partial charge >= 0.3 is 0 Å². The van der Waals surface area contributed by atoms with Crippen LogP contribution in [0.15, 0.2) is 78.9 Å². The second-order valence-corrected chi connectivity index (χ2v) is 10.4. The number of anilines is 1. The first-order chi connectivity index (χ1) is 21.1. The number of benzene rings is 3. The number of aromatic amines is 1. The third-order valence-electron chi connectivity index (χ3n) is 7.58. The summed E-state index contributed by atoms with van der Waals surface area (Å²) in [5, 5.41) is 15.0. The number of para-hydroxylation sites is 1. The number of ether oxygens (including phenoxy) is 2. The fourth-order valence-corrected chi connectivity index (χ4v) is 5.46. The zero-order chi connectivity index (χ0) is 29.8. The maximum Gasteiger partial charge on any atom is 0.205 e. The summed E-state index contributed by atoms with van der Waals surface area (Å²) in [4.78, 5) is 10.2. The first kappa shape index (κ1) is 28.2. The standard InChI is InChI=1S/C33H34N8O2/c1-4-5-15-29-35-28-19-25(24-13-9-10-14-27(24)34)30(33(42-2)43-3)36-32(28)41(29)20-21-16-17-23(22-11-7-6-8-12-22)26(18-21)31-37-39-40-38-31/h6-14,16-19,33H,4-5,15,20,34H2,1-3H3,(H,37,38,39,40). The number of nitrogens with zero attached hydrogens (tertiary/aromatic N) is 6. The van der Waals surface area contributed by atoms with Gasteiger partial charge in [0.15, 0.2) is 5.65 Å². The number of nitrogen functional groups attached to an aromatic ring is 1. The molecule has 3 aromatic heterocycles. The fourth-order valence-electron chi connectivity index (χ4n) is 5.46. The van der Waals surface area contributed by atoms with E-state index >= 15 is 0 Å². The average molecular weight is 575 g/mol. The summed E-state index contributed by atoms with van der Waals surface area (Å²) < 4.78 is 13.6. The highest BCUT2D eigenvalue weighted by atomic mass is 16.7. The highest BCUT2D eigenvalue weighted by Crippen LogP contribution is 2.36. The van der Waals surface area contributed by atoms with E-state index in [1.807, 2.05) is 48.5 Å². The molecule has 0 aliphatic carbocycles. The summed E-state index contributed by atoms with van der Waals surface area (Å²) in [6.07, 6.45) is 2.20. The van der Waals surface area contributed by atoms with Crippen LogP contribution in [0, 0.1) is 0 Å². The third-order valence-corrected chi connectivity index (χ3v) is 7.58. The van der Waals surface area contributed by atoms with E-state index in [1.165, 1.54) is 0 Å². The van der Waals surface area contributed by atoms with Gasteiger partial charge in [0.05, 0.1) is 6.54 Å². The molecule has 3 aromatic carbocycles. The van der Waals surface area contributed by atoms with Crippen LogP contribution in [0.2, 0.25) is 0 Å². The lowest BCUT2D eigenvalue weighted by molar-refractivity contribution is -0.108. The van der Waals surface area contributed by atoms with E-state index in [0.717, 1.165) is 69.6 Å². The van der Waals surface area contributed by atoms with E-state index in [0.29, 0.717) is 23.8 Å². The molecule has 3 heterocycles. The van der Waals surface area contributed by atoms with Crippen molar-refractivity contribution in [2.24, 2.45) is 0 Å². The van der Waals surface area contributed by atoms with Gasteiger partial charge in [0.2, 0.25) is 12.1 Å². The summed E-state index contributed by atoms with van der Waals surface area (Å²) in [6, 6.07) is 26.4. The van der Waals surface area contributed by atoms with Gasteiger partial charge in [-0.25, -0.2) is 9.97 Å². The molecule has 0 saturated carbocycles. The molecule has 3 N–H and O–H groups in total. The number of aryl methyl sites for hydroxylation is 1. The van der Waals surface area contributed by atoms with Crippen LogP contribution in [0.4, 0.5) is 5.69 Å². The van der Waals surface area contributed by atoms with Crippen LogP contribution in [-0.4, -0.2) is 49.4 Å². The van der Waals surface area contributed by atoms with Crippen LogP contribution in [0.3, 0.4) is 0 Å². The molecule has 0 fully saturated rings. The summed E-state index contributed by atoms with van der Waals surface area (Å²) in [7, 11) is 3.21. The van der Waals surface area contributed by atoms with Crippen molar-refractivity contribution in [3.05, 3.63) is 95.9 Å². The minimum atomic E-state index is -0.684. The lowest BCUT2D eigenvalue weighted by Gasteiger charge is -2.18. The second-order valence-electron chi connectivity index (χ2n) is 10.4. The number of aromatic nitrogens is 7. The summed E-state index contributed by atoms with van der Waals surface area (Å²) >= 11 is 0. The maximum atomic E-state index is 6.41. The molecule has 0 saturated heterocycles. The second kappa shape index (κ2) is 12.5. The number of rotatable bonds is 11. The van der Waals surface area contributed by atoms with Gasteiger partial charge in [-0.05, 0) is 46.5 Å². The van der Waals surface area contributed by atoms with Crippen molar-refractivity contribution in [1.29, 1.82) is 0 Å². The van der Waals surface area contributed by atoms with Crippen LogP contribution >= 0.6 is 0 Å². The van der Waals surface area contributed by atoms with Gasteiger partial charge in [0.1, 0.15) is 17.0 Å². The number of hydrogen-bond donors (Lipinski definition) is 2. The van der Waals surface area contributed by atoms with E-state index in [1.54, 1.807) is 14.2 Å². The van der Waals surface area contributed by atoms with Gasteiger partial charge in [-0.15, -0.1) is 10.2 Å². The molecule has 0 aliphatic heterocycles. The molecule has 0 unspecified atom stereocenters. The Balaban J connectivity index is 1.51. The normalized spacial score (nSPS) is 11.5. The van der Waals surface area contributed by atoms with Gasteiger partial charge in [-0.3, -0.25) is 0 Å². The van der Waals surface area contributed by atoms with Crippen LogP contribution in [0.5, 0.6) is 0 Å². The lowest BCUT2D eigenvalue weighted by Crippen LogP contribution is -2.11. The van der Waals surface area contributed by atoms with E-state index in [2.05, 4.69) is 62.4 Å². The highest BCUT2D eigenvalue weighted by Gasteiger charge is 2.23. The minimum absolute atomic E-state index is 0.538. The quantitative estimate of drug-likeness (QED) is 0.138. The number of nitrogens with one attached hydrogen (secondary N) is 1. The van der Waals surface area contributed by atoms with Gasteiger partial charge in [-0.1, -0.05) is 74.0 Å². The van der Waals surface area contributed by atoms with Crippen molar-refractivity contribution in [3.63, 3.8) is 0 Å². The van der Waals surface area contributed by atoms with Gasteiger partial charge in [-0.2, -0.15) is 5.21 Å². The number of pyridine rings is 1. The predicted molar refractivity (Wildman–Crippen MR) is 167 cm³/mol. The van der Waals surface area contributed by atoms with E-state index in [-0.39, 0.29) is 0 Å². The molecule has 6 rings (SSSR count). The Kier molecular flexibility index (Phi) is 8.21. The number of unbranched alkanes of at least 4 members (excludes halogenated alkanes) is 1. The maximum absolute atomic E-state index is 6.41. The van der Waals surface area contributed by atoms with Gasteiger partial charge in [0, 0.05) is 43.0 Å². The van der Waals surface area contributed by atoms with Crippen molar-refractivity contribution in [2.75, 3.05) is 20.0 Å². The first-order valence-corrected chi connectivity index (χ1v) is 14.3. The monoisotopic (exact) mass is 574 g/mol. The van der Waals surface area contributed by atoms with Crippen molar-refractivity contribution < 1.29 is 9.47 Å². The number of fused-ring (bicyclic) bond motifs is 1. The largest absolute Gasteiger partial charge is 0.398 e. The number of tetrazole rings is 1. The Bertz CT molecular complexity index is 1830. The van der Waals surface area contributed by atoms with E-state index in [4.69, 9.17) is 25.2 Å². The SMILES string of the molecule is CCCCc1nc2cc(-c3ccccc3N)c(C(OC)OC)nc2n1Cc1ccc(-c2ccccc2)c(-c2nn[nH]n2)c1. The Morgan fingerprint density at radius 1 is 0.860 bits per heavy atom. The number of nitrogens with two attached hydrogens (primary N) is 1. The minimum Gasteiger partial charge on any atom is -0.398 e. The lowest BCUT2D eigenvalue weighted by atomic mass is 9.97. The van der Waals surface area contributed by atoms with E-state index in [9.17, 15) is 0 Å². The molecule has 218 valence electrons.